The molecular weight excluding hydrogens is 437 g/mol. The Kier molecular flexibility index (Phi) is 7.65. The van der Waals surface area contributed by atoms with Crippen LogP contribution in [0.1, 0.15) is 16.7 Å². The lowest BCUT2D eigenvalue weighted by Crippen LogP contribution is -2.32. The number of aryl methyl sites for hydroxylation is 1. The first-order chi connectivity index (χ1) is 14.9. The van der Waals surface area contributed by atoms with Gasteiger partial charge in [-0.15, -0.1) is 0 Å². The van der Waals surface area contributed by atoms with E-state index in [0.717, 1.165) is 11.1 Å². The molecule has 158 valence electrons. The third kappa shape index (κ3) is 6.84. The summed E-state index contributed by atoms with van der Waals surface area (Å²) in [5.41, 5.74) is 5.39. The Hall–Kier alpha value is -3.35. The van der Waals surface area contributed by atoms with Crippen molar-refractivity contribution in [2.24, 2.45) is 5.10 Å². The topological polar surface area (TPSA) is 79.8 Å². The van der Waals surface area contributed by atoms with Crippen molar-refractivity contribution in [3.8, 4) is 5.75 Å². The fraction of sp³-hybridized carbons (Fsp3) is 0.0870. The number of ether oxygens (including phenoxy) is 1. The third-order valence-electron chi connectivity index (χ3n) is 4.13. The Labute approximate surface area is 189 Å². The van der Waals surface area contributed by atoms with Crippen molar-refractivity contribution in [1.82, 2.24) is 5.43 Å². The number of halogens is 2. The van der Waals surface area contributed by atoms with Crippen LogP contribution in [0.25, 0.3) is 0 Å². The Balaban J connectivity index is 1.49. The minimum absolute atomic E-state index is 0.236. The molecule has 0 aliphatic rings. The predicted molar refractivity (Wildman–Crippen MR) is 123 cm³/mol. The van der Waals surface area contributed by atoms with E-state index in [2.05, 4.69) is 21.9 Å². The molecule has 3 rings (SSSR count). The second kappa shape index (κ2) is 10.6. The molecule has 3 aromatic carbocycles. The fourth-order valence-electron chi connectivity index (χ4n) is 2.61. The van der Waals surface area contributed by atoms with Gasteiger partial charge in [0, 0.05) is 5.02 Å². The van der Waals surface area contributed by atoms with E-state index in [4.69, 9.17) is 27.9 Å². The van der Waals surface area contributed by atoms with Crippen molar-refractivity contribution >= 4 is 46.9 Å². The van der Waals surface area contributed by atoms with Crippen molar-refractivity contribution < 1.29 is 14.3 Å². The second-order valence-electron chi connectivity index (χ2n) is 6.62. The first-order valence-corrected chi connectivity index (χ1v) is 10.0. The molecular formula is C23H19Cl2N3O3. The molecule has 0 bridgehead atoms. The Morgan fingerprint density at radius 3 is 2.52 bits per heavy atom. The molecule has 0 heterocycles. The van der Waals surface area contributed by atoms with Gasteiger partial charge in [-0.3, -0.25) is 9.59 Å². The molecule has 0 unspecified atom stereocenters. The molecule has 0 spiro atoms. The summed E-state index contributed by atoms with van der Waals surface area (Å²) in [6, 6.07) is 19.8. The van der Waals surface area contributed by atoms with Crippen LogP contribution in [-0.4, -0.2) is 18.0 Å². The molecule has 0 aliphatic heterocycles. The molecule has 0 aromatic heterocycles. The average molecular weight is 456 g/mol. The van der Waals surface area contributed by atoms with E-state index >= 15 is 0 Å². The predicted octanol–water partition coefficient (Wildman–Crippen LogP) is 4.97. The molecule has 0 fully saturated rings. The lowest BCUT2D eigenvalue weighted by molar-refractivity contribution is -0.136. The van der Waals surface area contributed by atoms with Crippen LogP contribution in [0, 0.1) is 6.92 Å². The molecule has 2 amide bonds. The third-order valence-corrected chi connectivity index (χ3v) is 4.70. The van der Waals surface area contributed by atoms with Gasteiger partial charge in [0.05, 0.1) is 16.9 Å². The van der Waals surface area contributed by atoms with Crippen molar-refractivity contribution in [1.29, 1.82) is 0 Å². The summed E-state index contributed by atoms with van der Waals surface area (Å²) < 4.78 is 5.76. The number of hydrogen-bond acceptors (Lipinski definition) is 4. The molecule has 0 atom stereocenters. The van der Waals surface area contributed by atoms with Crippen LogP contribution in [0.4, 0.5) is 5.69 Å². The number of nitrogens with zero attached hydrogens (tertiary/aromatic N) is 1. The van der Waals surface area contributed by atoms with E-state index in [1.807, 2.05) is 25.1 Å². The number of hydrogen-bond donors (Lipinski definition) is 2. The Morgan fingerprint density at radius 1 is 1.00 bits per heavy atom. The zero-order valence-electron chi connectivity index (χ0n) is 16.6. The maximum Gasteiger partial charge on any atom is 0.329 e. The number of hydrazone groups is 1. The molecule has 2 N–H and O–H groups in total. The van der Waals surface area contributed by atoms with Crippen LogP contribution in [0.15, 0.2) is 71.8 Å². The Morgan fingerprint density at radius 2 is 1.77 bits per heavy atom. The van der Waals surface area contributed by atoms with E-state index in [9.17, 15) is 9.59 Å². The van der Waals surface area contributed by atoms with Crippen LogP contribution in [-0.2, 0) is 16.2 Å². The highest BCUT2D eigenvalue weighted by Gasteiger charge is 2.14. The molecule has 0 radical (unpaired) electrons. The number of carbonyl (C=O) groups excluding carboxylic acids is 2. The number of amides is 2. The van der Waals surface area contributed by atoms with Gasteiger partial charge in [0.15, 0.2) is 0 Å². The lowest BCUT2D eigenvalue weighted by atomic mass is 10.1. The first kappa shape index (κ1) is 22.3. The van der Waals surface area contributed by atoms with E-state index in [-0.39, 0.29) is 10.7 Å². The summed E-state index contributed by atoms with van der Waals surface area (Å²) in [5, 5.41) is 6.81. The number of anilines is 1. The van der Waals surface area contributed by atoms with Gasteiger partial charge in [0.25, 0.3) is 0 Å². The molecule has 8 heteroatoms. The smallest absolute Gasteiger partial charge is 0.329 e. The van der Waals surface area contributed by atoms with Gasteiger partial charge in [-0.05, 0) is 60.5 Å². The minimum Gasteiger partial charge on any atom is -0.489 e. The monoisotopic (exact) mass is 455 g/mol. The molecule has 3 aromatic rings. The van der Waals surface area contributed by atoms with Gasteiger partial charge in [-0.25, -0.2) is 5.43 Å². The Bertz CT molecular complexity index is 1120. The second-order valence-corrected chi connectivity index (χ2v) is 7.47. The standard InChI is InChI=1S/C23H19Cl2N3O3/c1-15-3-2-4-17(11-15)14-31-19-8-5-16(6-9-19)13-26-28-23(30)22(29)27-21-12-18(24)7-10-20(21)25/h2-13H,14H2,1H3,(H,27,29)(H,28,30)/b26-13+. The van der Waals surface area contributed by atoms with E-state index in [0.29, 0.717) is 17.4 Å². The molecule has 0 saturated heterocycles. The number of rotatable bonds is 6. The normalized spacial score (nSPS) is 10.7. The van der Waals surface area contributed by atoms with Crippen LogP contribution >= 0.6 is 23.2 Å². The van der Waals surface area contributed by atoms with Gasteiger partial charge < -0.3 is 10.1 Å². The van der Waals surface area contributed by atoms with Crippen LogP contribution in [0.5, 0.6) is 5.75 Å². The average Bonchev–Trinajstić information content (AvgIpc) is 2.75. The summed E-state index contributed by atoms with van der Waals surface area (Å²) in [6.07, 6.45) is 1.42. The highest BCUT2D eigenvalue weighted by atomic mass is 35.5. The van der Waals surface area contributed by atoms with Gasteiger partial charge >= 0.3 is 11.8 Å². The van der Waals surface area contributed by atoms with Crippen LogP contribution in [0.2, 0.25) is 10.0 Å². The highest BCUT2D eigenvalue weighted by Crippen LogP contribution is 2.25. The highest BCUT2D eigenvalue weighted by molar-refractivity contribution is 6.42. The lowest BCUT2D eigenvalue weighted by Gasteiger charge is -2.07. The molecule has 6 nitrogen and oxygen atoms in total. The van der Waals surface area contributed by atoms with Gasteiger partial charge in [-0.1, -0.05) is 53.0 Å². The van der Waals surface area contributed by atoms with Crippen molar-refractivity contribution in [3.63, 3.8) is 0 Å². The SMILES string of the molecule is Cc1cccc(COc2ccc(/C=N/NC(=O)C(=O)Nc3cc(Cl)ccc3Cl)cc2)c1. The van der Waals surface area contributed by atoms with E-state index in [1.54, 1.807) is 30.3 Å². The van der Waals surface area contributed by atoms with E-state index < -0.39 is 11.8 Å². The summed E-state index contributed by atoms with van der Waals surface area (Å²) in [6.45, 7) is 2.50. The van der Waals surface area contributed by atoms with E-state index in [1.165, 1.54) is 23.9 Å². The van der Waals surface area contributed by atoms with Gasteiger partial charge in [-0.2, -0.15) is 5.10 Å². The van der Waals surface area contributed by atoms with Crippen molar-refractivity contribution in [2.45, 2.75) is 13.5 Å². The van der Waals surface area contributed by atoms with Crippen LogP contribution in [0.3, 0.4) is 0 Å². The maximum absolute atomic E-state index is 12.0. The van der Waals surface area contributed by atoms with Crippen LogP contribution < -0.4 is 15.5 Å². The largest absolute Gasteiger partial charge is 0.489 e. The zero-order chi connectivity index (χ0) is 22.2. The zero-order valence-corrected chi connectivity index (χ0v) is 18.1. The summed E-state index contributed by atoms with van der Waals surface area (Å²) in [7, 11) is 0. The maximum atomic E-state index is 12.0. The number of nitrogens with one attached hydrogen (secondary N) is 2. The van der Waals surface area contributed by atoms with Crippen molar-refractivity contribution in [2.75, 3.05) is 5.32 Å². The fourth-order valence-corrected chi connectivity index (χ4v) is 2.94. The molecule has 31 heavy (non-hydrogen) atoms. The summed E-state index contributed by atoms with van der Waals surface area (Å²) >= 11 is 11.8. The summed E-state index contributed by atoms with van der Waals surface area (Å²) in [4.78, 5) is 23.9. The summed E-state index contributed by atoms with van der Waals surface area (Å²) in [5.74, 6) is -1.15. The molecule has 0 aliphatic carbocycles. The minimum atomic E-state index is -0.939. The van der Waals surface area contributed by atoms with Gasteiger partial charge in [0.1, 0.15) is 12.4 Å². The molecule has 0 saturated carbocycles. The number of carbonyl (C=O) groups is 2. The first-order valence-electron chi connectivity index (χ1n) is 9.28. The quantitative estimate of drug-likeness (QED) is 0.312. The number of benzene rings is 3. The van der Waals surface area contributed by atoms with Crippen molar-refractivity contribution in [3.05, 3.63) is 93.5 Å². The van der Waals surface area contributed by atoms with Gasteiger partial charge in [0.2, 0.25) is 0 Å².